The van der Waals surface area contributed by atoms with Gasteiger partial charge in [-0.2, -0.15) is 0 Å². The maximum Gasteiger partial charge on any atom is 0.337 e. The van der Waals surface area contributed by atoms with Crippen molar-refractivity contribution in [2.45, 2.75) is 6.92 Å². The number of carbonyl (C=O) groups excluding carboxylic acids is 2. The fourth-order valence-electron chi connectivity index (χ4n) is 1.97. The number of benzene rings is 2. The van der Waals surface area contributed by atoms with Gasteiger partial charge in [0, 0.05) is 6.07 Å². The zero-order valence-electron chi connectivity index (χ0n) is 12.7. The number of phenolic OH excluding ortho intramolecular Hbond substituents is 2. The molecule has 2 rings (SSSR count). The van der Waals surface area contributed by atoms with Gasteiger partial charge < -0.3 is 19.7 Å². The molecule has 0 fully saturated rings. The molecule has 6 nitrogen and oxygen atoms in total. The van der Waals surface area contributed by atoms with Crippen molar-refractivity contribution in [3.05, 3.63) is 53.1 Å². The van der Waals surface area contributed by atoms with Crippen LogP contribution in [0.25, 0.3) is 0 Å². The number of hydrogen-bond acceptors (Lipinski definition) is 6. The summed E-state index contributed by atoms with van der Waals surface area (Å²) in [6.45, 7) is 1.30. The molecule has 0 heterocycles. The number of rotatable bonds is 5. The standard InChI is InChI=1S/C17H16O6/c1-10-6-13(15(19)8-14(10)18)16(20)9-23-12-5-3-4-11(7-12)17(21)22-2/h3-8,18-19H,9H2,1-2H3. The van der Waals surface area contributed by atoms with Crippen molar-refractivity contribution in [3.8, 4) is 17.2 Å². The number of aromatic hydroxyl groups is 2. The van der Waals surface area contributed by atoms with Crippen LogP contribution < -0.4 is 4.74 Å². The molecule has 0 unspecified atom stereocenters. The fourth-order valence-corrected chi connectivity index (χ4v) is 1.97. The molecular weight excluding hydrogens is 300 g/mol. The quantitative estimate of drug-likeness (QED) is 0.650. The Kier molecular flexibility index (Phi) is 4.85. The lowest BCUT2D eigenvalue weighted by Crippen LogP contribution is -2.12. The normalized spacial score (nSPS) is 10.2. The van der Waals surface area contributed by atoms with E-state index in [-0.39, 0.29) is 23.7 Å². The number of aryl methyl sites for hydroxylation is 1. The van der Waals surface area contributed by atoms with Crippen molar-refractivity contribution in [2.24, 2.45) is 0 Å². The number of esters is 1. The molecule has 23 heavy (non-hydrogen) atoms. The van der Waals surface area contributed by atoms with Gasteiger partial charge in [0.2, 0.25) is 5.78 Å². The number of ketones is 1. The lowest BCUT2D eigenvalue weighted by Gasteiger charge is -2.09. The highest BCUT2D eigenvalue weighted by Gasteiger charge is 2.15. The van der Waals surface area contributed by atoms with E-state index in [1.54, 1.807) is 25.1 Å². The van der Waals surface area contributed by atoms with Crippen LogP contribution in [0.5, 0.6) is 17.2 Å². The molecule has 6 heteroatoms. The molecule has 0 radical (unpaired) electrons. The average molecular weight is 316 g/mol. The van der Waals surface area contributed by atoms with E-state index in [1.165, 1.54) is 19.2 Å². The summed E-state index contributed by atoms with van der Waals surface area (Å²) < 4.78 is 9.96. The average Bonchev–Trinajstić information content (AvgIpc) is 2.55. The molecule has 0 aromatic heterocycles. The van der Waals surface area contributed by atoms with Gasteiger partial charge in [0.05, 0.1) is 18.2 Å². The summed E-state index contributed by atoms with van der Waals surface area (Å²) in [6, 6.07) is 8.73. The van der Waals surface area contributed by atoms with Crippen LogP contribution in [0.15, 0.2) is 36.4 Å². The van der Waals surface area contributed by atoms with Crippen molar-refractivity contribution in [1.29, 1.82) is 0 Å². The van der Waals surface area contributed by atoms with E-state index in [4.69, 9.17) is 4.74 Å². The number of phenols is 2. The topological polar surface area (TPSA) is 93.1 Å². The van der Waals surface area contributed by atoms with Gasteiger partial charge in [-0.1, -0.05) is 6.07 Å². The Morgan fingerprint density at radius 1 is 1.09 bits per heavy atom. The summed E-state index contributed by atoms with van der Waals surface area (Å²) >= 11 is 0. The molecule has 0 spiro atoms. The van der Waals surface area contributed by atoms with Crippen molar-refractivity contribution in [3.63, 3.8) is 0 Å². The molecule has 0 aliphatic carbocycles. The second-order valence-electron chi connectivity index (χ2n) is 4.89. The van der Waals surface area contributed by atoms with Gasteiger partial charge in [-0.25, -0.2) is 4.79 Å². The number of ether oxygens (including phenoxy) is 2. The molecule has 0 saturated carbocycles. The third-order valence-electron chi connectivity index (χ3n) is 3.24. The van der Waals surface area contributed by atoms with Crippen LogP contribution in [-0.4, -0.2) is 35.7 Å². The van der Waals surface area contributed by atoms with Crippen molar-refractivity contribution >= 4 is 11.8 Å². The van der Waals surface area contributed by atoms with Crippen molar-refractivity contribution in [1.82, 2.24) is 0 Å². The largest absolute Gasteiger partial charge is 0.508 e. The molecule has 0 amide bonds. The first-order valence-electron chi connectivity index (χ1n) is 6.79. The van der Waals surface area contributed by atoms with E-state index in [1.807, 2.05) is 0 Å². The van der Waals surface area contributed by atoms with Gasteiger partial charge in [0.25, 0.3) is 0 Å². The van der Waals surface area contributed by atoms with Crippen LogP contribution in [0.3, 0.4) is 0 Å². The van der Waals surface area contributed by atoms with Crippen LogP contribution in [0, 0.1) is 6.92 Å². The minimum absolute atomic E-state index is 0.0597. The summed E-state index contributed by atoms with van der Waals surface area (Å²) in [5, 5.41) is 19.2. The third-order valence-corrected chi connectivity index (χ3v) is 3.24. The summed E-state index contributed by atoms with van der Waals surface area (Å²) in [6.07, 6.45) is 0. The molecule has 2 aromatic carbocycles. The highest BCUT2D eigenvalue weighted by Crippen LogP contribution is 2.27. The maximum absolute atomic E-state index is 12.1. The molecule has 0 atom stereocenters. The van der Waals surface area contributed by atoms with Gasteiger partial charge in [-0.05, 0) is 36.8 Å². The van der Waals surface area contributed by atoms with Crippen LogP contribution in [0.2, 0.25) is 0 Å². The summed E-state index contributed by atoms with van der Waals surface area (Å²) in [7, 11) is 1.27. The van der Waals surface area contributed by atoms with E-state index in [9.17, 15) is 19.8 Å². The SMILES string of the molecule is COC(=O)c1cccc(OCC(=O)c2cc(C)c(O)cc2O)c1. The summed E-state index contributed by atoms with van der Waals surface area (Å²) in [5.74, 6) is -1.03. The Bertz CT molecular complexity index is 751. The molecule has 2 N–H and O–H groups in total. The van der Waals surface area contributed by atoms with Crippen LogP contribution >= 0.6 is 0 Å². The third kappa shape index (κ3) is 3.79. The molecule has 0 aliphatic rings. The molecule has 0 aliphatic heterocycles. The predicted molar refractivity (Wildman–Crippen MR) is 82.1 cm³/mol. The predicted octanol–water partition coefficient (Wildman–Crippen LogP) is 2.45. The lowest BCUT2D eigenvalue weighted by molar-refractivity contribution is 0.0600. The number of methoxy groups -OCH3 is 1. The molecule has 0 bridgehead atoms. The molecular formula is C17H16O6. The monoisotopic (exact) mass is 316 g/mol. The second kappa shape index (κ2) is 6.83. The first kappa shape index (κ1) is 16.4. The van der Waals surface area contributed by atoms with Gasteiger partial charge in [-0.3, -0.25) is 4.79 Å². The van der Waals surface area contributed by atoms with Gasteiger partial charge in [0.1, 0.15) is 17.2 Å². The second-order valence-corrected chi connectivity index (χ2v) is 4.89. The van der Waals surface area contributed by atoms with Crippen molar-refractivity contribution in [2.75, 3.05) is 13.7 Å². The van der Waals surface area contributed by atoms with E-state index >= 15 is 0 Å². The molecule has 0 saturated heterocycles. The number of hydrogen-bond donors (Lipinski definition) is 2. The Hall–Kier alpha value is -3.02. The zero-order valence-corrected chi connectivity index (χ0v) is 12.7. The van der Waals surface area contributed by atoms with E-state index in [0.717, 1.165) is 6.07 Å². The van der Waals surface area contributed by atoms with E-state index in [2.05, 4.69) is 4.74 Å². The van der Waals surface area contributed by atoms with Crippen LogP contribution in [0.1, 0.15) is 26.3 Å². The minimum Gasteiger partial charge on any atom is -0.508 e. The summed E-state index contributed by atoms with van der Waals surface area (Å²) in [4.78, 5) is 23.6. The summed E-state index contributed by atoms with van der Waals surface area (Å²) in [5.41, 5.74) is 0.837. The van der Waals surface area contributed by atoms with Gasteiger partial charge in [0.15, 0.2) is 6.61 Å². The van der Waals surface area contributed by atoms with Crippen LogP contribution in [0.4, 0.5) is 0 Å². The van der Waals surface area contributed by atoms with Gasteiger partial charge >= 0.3 is 5.97 Å². The Balaban J connectivity index is 2.11. The van der Waals surface area contributed by atoms with Crippen molar-refractivity contribution < 1.29 is 29.3 Å². The highest BCUT2D eigenvalue weighted by molar-refractivity contribution is 6.00. The minimum atomic E-state index is -0.506. The fraction of sp³-hybridized carbons (Fsp3) is 0.176. The lowest BCUT2D eigenvalue weighted by atomic mass is 10.1. The van der Waals surface area contributed by atoms with E-state index < -0.39 is 11.8 Å². The van der Waals surface area contributed by atoms with Gasteiger partial charge in [-0.15, -0.1) is 0 Å². The smallest absolute Gasteiger partial charge is 0.337 e. The number of carbonyl (C=O) groups is 2. The maximum atomic E-state index is 12.1. The first-order valence-corrected chi connectivity index (χ1v) is 6.79. The Labute approximate surface area is 132 Å². The highest BCUT2D eigenvalue weighted by atomic mass is 16.5. The first-order chi connectivity index (χ1) is 10.9. The van der Waals surface area contributed by atoms with E-state index in [0.29, 0.717) is 16.9 Å². The Morgan fingerprint density at radius 3 is 2.52 bits per heavy atom. The Morgan fingerprint density at radius 2 is 1.83 bits per heavy atom. The van der Waals surface area contributed by atoms with Crippen LogP contribution in [-0.2, 0) is 4.74 Å². The number of Topliss-reactive ketones (excluding diaryl/α,β-unsaturated/α-hetero) is 1. The zero-order chi connectivity index (χ0) is 17.0. The molecule has 120 valence electrons. The molecule has 2 aromatic rings.